The predicted octanol–water partition coefficient (Wildman–Crippen LogP) is 2.06. The number of benzene rings is 1. The van der Waals surface area contributed by atoms with Crippen molar-refractivity contribution in [2.75, 3.05) is 48.4 Å². The number of nitrogens with two attached hydrogens (primary N) is 2. The summed E-state index contributed by atoms with van der Waals surface area (Å²) < 4.78 is 5.62. The van der Waals surface area contributed by atoms with Crippen LogP contribution in [0.3, 0.4) is 0 Å². The number of carbonyl (C=O) groups excluding carboxylic acids is 1. The highest BCUT2D eigenvalue weighted by molar-refractivity contribution is 7.99. The highest BCUT2D eigenvalue weighted by atomic mass is 32.2. The van der Waals surface area contributed by atoms with Crippen LogP contribution in [-0.4, -0.2) is 54.8 Å². The molecule has 1 spiro atoms. The molecule has 1 amide bonds. The molecule has 4 heterocycles. The fourth-order valence-electron chi connectivity index (χ4n) is 4.91. The van der Waals surface area contributed by atoms with Gasteiger partial charge in [-0.05, 0) is 37.0 Å². The third-order valence-electron chi connectivity index (χ3n) is 6.88. The minimum Gasteiger partial charge on any atom is -0.381 e. The molecule has 5 rings (SSSR count). The van der Waals surface area contributed by atoms with E-state index in [1.165, 1.54) is 17.3 Å². The van der Waals surface area contributed by atoms with E-state index < -0.39 is 0 Å². The van der Waals surface area contributed by atoms with Gasteiger partial charge >= 0.3 is 0 Å². The number of piperidine rings is 1. The Bertz CT molecular complexity index is 1010. The van der Waals surface area contributed by atoms with Crippen LogP contribution in [0.5, 0.6) is 0 Å². The molecule has 1 unspecified atom stereocenters. The van der Waals surface area contributed by atoms with E-state index in [0.29, 0.717) is 24.0 Å². The van der Waals surface area contributed by atoms with Gasteiger partial charge in [0.2, 0.25) is 5.91 Å². The van der Waals surface area contributed by atoms with Crippen LogP contribution in [0.2, 0.25) is 0 Å². The van der Waals surface area contributed by atoms with Crippen LogP contribution < -0.4 is 21.3 Å². The van der Waals surface area contributed by atoms with E-state index in [-0.39, 0.29) is 17.4 Å². The van der Waals surface area contributed by atoms with Gasteiger partial charge in [-0.15, -0.1) is 0 Å². The first-order valence-electron chi connectivity index (χ1n) is 10.8. The van der Waals surface area contributed by atoms with Crippen molar-refractivity contribution < 1.29 is 9.53 Å². The molecular formula is C22H28N6O2S. The Morgan fingerprint density at radius 3 is 2.77 bits per heavy atom. The Kier molecular flexibility index (Phi) is 5.27. The summed E-state index contributed by atoms with van der Waals surface area (Å²) in [5.41, 5.74) is 14.9. The van der Waals surface area contributed by atoms with E-state index in [2.05, 4.69) is 20.9 Å². The van der Waals surface area contributed by atoms with Crippen LogP contribution in [0, 0.1) is 5.41 Å². The monoisotopic (exact) mass is 440 g/mol. The number of hydrogen-bond acceptors (Lipinski definition) is 8. The van der Waals surface area contributed by atoms with Crippen molar-refractivity contribution in [3.8, 4) is 0 Å². The normalized spacial score (nSPS) is 22.2. The molecule has 164 valence electrons. The molecule has 1 atom stereocenters. The van der Waals surface area contributed by atoms with Crippen molar-refractivity contribution in [1.29, 1.82) is 0 Å². The topological polar surface area (TPSA) is 111 Å². The predicted molar refractivity (Wildman–Crippen MR) is 121 cm³/mol. The summed E-state index contributed by atoms with van der Waals surface area (Å²) >= 11 is 1.52. The maximum absolute atomic E-state index is 11.9. The molecule has 1 aromatic heterocycles. The summed E-state index contributed by atoms with van der Waals surface area (Å²) in [6.45, 7) is 5.50. The number of fused-ring (bicyclic) bond motifs is 1. The van der Waals surface area contributed by atoms with E-state index >= 15 is 0 Å². The molecular weight excluding hydrogens is 412 g/mol. The molecule has 0 bridgehead atoms. The number of nitrogen functional groups attached to an aromatic ring is 1. The van der Waals surface area contributed by atoms with Crippen LogP contribution in [0.1, 0.15) is 25.3 Å². The summed E-state index contributed by atoms with van der Waals surface area (Å²) in [5.74, 6) is 1.31. The first-order chi connectivity index (χ1) is 15.0. The zero-order chi connectivity index (χ0) is 21.6. The van der Waals surface area contributed by atoms with Crippen molar-refractivity contribution in [3.05, 3.63) is 30.0 Å². The van der Waals surface area contributed by atoms with E-state index in [1.807, 2.05) is 23.2 Å². The molecule has 2 aromatic rings. The molecule has 0 radical (unpaired) electrons. The SMILES string of the molecule is CC(=O)N1CCc2c(Sc3ncc(N4CCC5(CC4)COCC5N)nc3N)cccc21. The van der Waals surface area contributed by atoms with Crippen molar-refractivity contribution >= 4 is 35.0 Å². The minimum atomic E-state index is 0.0676. The molecule has 31 heavy (non-hydrogen) atoms. The summed E-state index contributed by atoms with van der Waals surface area (Å²) in [5, 5.41) is 0.693. The van der Waals surface area contributed by atoms with Gasteiger partial charge in [0.05, 0.1) is 19.4 Å². The molecule has 9 heteroatoms. The van der Waals surface area contributed by atoms with Crippen LogP contribution in [0.25, 0.3) is 0 Å². The van der Waals surface area contributed by atoms with Gasteiger partial charge in [-0.2, -0.15) is 0 Å². The van der Waals surface area contributed by atoms with E-state index in [4.69, 9.17) is 16.2 Å². The van der Waals surface area contributed by atoms with Gasteiger partial charge in [-0.1, -0.05) is 17.8 Å². The summed E-state index contributed by atoms with van der Waals surface area (Å²) in [6, 6.07) is 6.15. The first-order valence-corrected chi connectivity index (χ1v) is 11.6. The average Bonchev–Trinajstić information content (AvgIpc) is 3.35. The maximum Gasteiger partial charge on any atom is 0.223 e. The van der Waals surface area contributed by atoms with Crippen molar-refractivity contribution in [2.45, 2.75) is 42.1 Å². The molecule has 2 saturated heterocycles. The van der Waals surface area contributed by atoms with Crippen LogP contribution >= 0.6 is 11.8 Å². The van der Waals surface area contributed by atoms with Gasteiger partial charge in [-0.3, -0.25) is 4.79 Å². The Hall–Kier alpha value is -2.36. The van der Waals surface area contributed by atoms with E-state index in [0.717, 1.165) is 55.4 Å². The number of carbonyl (C=O) groups is 1. The summed E-state index contributed by atoms with van der Waals surface area (Å²) in [4.78, 5) is 26.3. The molecule has 8 nitrogen and oxygen atoms in total. The fourth-order valence-corrected chi connectivity index (χ4v) is 5.85. The number of nitrogens with zero attached hydrogens (tertiary/aromatic N) is 4. The van der Waals surface area contributed by atoms with Gasteiger partial charge < -0.3 is 26.0 Å². The van der Waals surface area contributed by atoms with Gasteiger partial charge in [0, 0.05) is 48.6 Å². The number of anilines is 3. The van der Waals surface area contributed by atoms with Crippen LogP contribution in [-0.2, 0) is 16.0 Å². The second kappa shape index (κ2) is 7.96. The fraction of sp³-hybridized carbons (Fsp3) is 0.500. The highest BCUT2D eigenvalue weighted by Crippen LogP contribution is 2.41. The number of hydrogen-bond donors (Lipinski definition) is 2. The third-order valence-corrected chi connectivity index (χ3v) is 7.99. The smallest absolute Gasteiger partial charge is 0.223 e. The molecule has 3 aliphatic heterocycles. The van der Waals surface area contributed by atoms with Crippen molar-refractivity contribution in [2.24, 2.45) is 11.1 Å². The Morgan fingerprint density at radius 1 is 1.29 bits per heavy atom. The average molecular weight is 441 g/mol. The maximum atomic E-state index is 11.9. The second-order valence-corrected chi connectivity index (χ2v) is 9.70. The Morgan fingerprint density at radius 2 is 2.10 bits per heavy atom. The molecule has 0 saturated carbocycles. The lowest BCUT2D eigenvalue weighted by Gasteiger charge is -2.41. The number of amides is 1. The molecule has 2 fully saturated rings. The Balaban J connectivity index is 1.31. The molecule has 1 aromatic carbocycles. The summed E-state index contributed by atoms with van der Waals surface area (Å²) in [7, 11) is 0. The quantitative estimate of drug-likeness (QED) is 0.746. The lowest BCUT2D eigenvalue weighted by Crippen LogP contribution is -2.49. The zero-order valence-corrected chi connectivity index (χ0v) is 18.5. The van der Waals surface area contributed by atoms with Gasteiger partial charge in [-0.25, -0.2) is 9.97 Å². The van der Waals surface area contributed by atoms with Crippen LogP contribution in [0.4, 0.5) is 17.3 Å². The summed E-state index contributed by atoms with van der Waals surface area (Å²) in [6.07, 6.45) is 4.64. The zero-order valence-electron chi connectivity index (χ0n) is 17.7. The van der Waals surface area contributed by atoms with E-state index in [1.54, 1.807) is 6.92 Å². The third kappa shape index (κ3) is 3.64. The lowest BCUT2D eigenvalue weighted by molar-refractivity contribution is -0.116. The van der Waals surface area contributed by atoms with Crippen molar-refractivity contribution in [1.82, 2.24) is 9.97 Å². The minimum absolute atomic E-state index is 0.0676. The second-order valence-electron chi connectivity index (χ2n) is 8.67. The van der Waals surface area contributed by atoms with Gasteiger partial charge in [0.15, 0.2) is 5.82 Å². The van der Waals surface area contributed by atoms with Crippen molar-refractivity contribution in [3.63, 3.8) is 0 Å². The number of rotatable bonds is 3. The highest BCUT2D eigenvalue weighted by Gasteiger charge is 2.44. The standard InChI is InChI=1S/C22H28N6O2S/c1-14(29)28-8-5-15-16(28)3-2-4-17(15)31-21-20(24)26-19(11-25-21)27-9-6-22(7-10-27)13-30-12-18(22)23/h2-4,11,18H,5-10,12-13,23H2,1H3,(H2,24,26). The number of ether oxygens (including phenoxy) is 1. The van der Waals surface area contributed by atoms with E-state index in [9.17, 15) is 4.79 Å². The number of aromatic nitrogens is 2. The first kappa shape index (κ1) is 20.5. The Labute approximate surface area is 186 Å². The van der Waals surface area contributed by atoms with Crippen LogP contribution in [0.15, 0.2) is 34.3 Å². The molecule has 3 aliphatic rings. The molecule has 4 N–H and O–H groups in total. The van der Waals surface area contributed by atoms with Gasteiger partial charge in [0.25, 0.3) is 0 Å². The molecule has 0 aliphatic carbocycles. The van der Waals surface area contributed by atoms with Gasteiger partial charge in [0.1, 0.15) is 10.8 Å². The largest absolute Gasteiger partial charge is 0.381 e. The lowest BCUT2D eigenvalue weighted by atomic mass is 9.75.